The number of aryl methyl sites for hydroxylation is 1. The Labute approximate surface area is 152 Å². The van der Waals surface area contributed by atoms with Crippen LogP contribution in [0.3, 0.4) is 0 Å². The zero-order chi connectivity index (χ0) is 16.2. The largest absolute Gasteiger partial charge is 0.351 e. The van der Waals surface area contributed by atoms with E-state index in [4.69, 9.17) is 0 Å². The molecule has 0 saturated carbocycles. The Hall–Kier alpha value is -1.43. The average molecular weight is 369 g/mol. The van der Waals surface area contributed by atoms with E-state index in [-0.39, 0.29) is 24.1 Å². The van der Waals surface area contributed by atoms with Gasteiger partial charge in [-0.05, 0) is 68.1 Å². The summed E-state index contributed by atoms with van der Waals surface area (Å²) in [5.74, 6) is 0.412. The Bertz CT molecular complexity index is 681. The topological polar surface area (TPSA) is 41.1 Å². The van der Waals surface area contributed by atoms with Crippen molar-refractivity contribution in [2.45, 2.75) is 19.8 Å². The lowest BCUT2D eigenvalue weighted by molar-refractivity contribution is 0.0955. The van der Waals surface area contributed by atoms with Crippen LogP contribution in [0.1, 0.15) is 28.1 Å². The maximum Gasteiger partial charge on any atom is 0.261 e. The molecule has 1 amide bonds. The van der Waals surface area contributed by atoms with Gasteiger partial charge in [0.1, 0.15) is 5.82 Å². The molecule has 24 heavy (non-hydrogen) atoms. The van der Waals surface area contributed by atoms with Crippen LogP contribution in [0, 0.1) is 18.7 Å². The first-order valence-electron chi connectivity index (χ1n) is 7.99. The van der Waals surface area contributed by atoms with Crippen LogP contribution in [-0.4, -0.2) is 25.5 Å². The fraction of sp³-hybridized carbons (Fsp3) is 0.389. The number of rotatable bonds is 5. The van der Waals surface area contributed by atoms with Gasteiger partial charge < -0.3 is 10.6 Å². The summed E-state index contributed by atoms with van der Waals surface area (Å²) in [5.41, 5.74) is 2.00. The van der Waals surface area contributed by atoms with E-state index in [9.17, 15) is 9.18 Å². The number of carbonyl (C=O) groups excluding carboxylic acids is 1. The predicted octanol–water partition coefficient (Wildman–Crippen LogP) is 4.01. The lowest BCUT2D eigenvalue weighted by Crippen LogP contribution is -2.25. The summed E-state index contributed by atoms with van der Waals surface area (Å²) in [6.45, 7) is 4.84. The molecule has 0 aliphatic carbocycles. The highest BCUT2D eigenvalue weighted by Gasteiger charge is 2.16. The van der Waals surface area contributed by atoms with Crippen LogP contribution in [-0.2, 0) is 0 Å². The number of benzene rings is 1. The van der Waals surface area contributed by atoms with Crippen molar-refractivity contribution in [3.05, 3.63) is 46.6 Å². The summed E-state index contributed by atoms with van der Waals surface area (Å²) in [5, 5.41) is 6.35. The molecule has 1 atom stereocenters. The number of amides is 1. The molecule has 0 radical (unpaired) electrons. The van der Waals surface area contributed by atoms with Crippen molar-refractivity contribution < 1.29 is 9.18 Å². The fourth-order valence-corrected chi connectivity index (χ4v) is 4.01. The molecule has 130 valence electrons. The van der Waals surface area contributed by atoms with Crippen LogP contribution < -0.4 is 10.6 Å². The first kappa shape index (κ1) is 18.9. The minimum Gasteiger partial charge on any atom is -0.351 e. The lowest BCUT2D eigenvalue weighted by Gasteiger charge is -2.08. The van der Waals surface area contributed by atoms with Crippen molar-refractivity contribution in [1.29, 1.82) is 0 Å². The molecule has 1 aliphatic rings. The number of nitrogens with one attached hydrogen (secondary N) is 2. The molecule has 1 fully saturated rings. The Kier molecular flexibility index (Phi) is 6.78. The SMILES string of the molecule is Cc1cc(C(=O)NCCC2CCNC2)sc1-c1ccc(F)cc1.Cl. The minimum atomic E-state index is -0.248. The summed E-state index contributed by atoms with van der Waals surface area (Å²) < 4.78 is 13.0. The van der Waals surface area contributed by atoms with Crippen molar-refractivity contribution >= 4 is 29.7 Å². The van der Waals surface area contributed by atoms with E-state index in [2.05, 4.69) is 10.6 Å². The summed E-state index contributed by atoms with van der Waals surface area (Å²) in [6, 6.07) is 8.31. The van der Waals surface area contributed by atoms with Crippen molar-refractivity contribution in [2.24, 2.45) is 5.92 Å². The number of carbonyl (C=O) groups is 1. The monoisotopic (exact) mass is 368 g/mol. The summed E-state index contributed by atoms with van der Waals surface area (Å²) in [6.07, 6.45) is 2.22. The molecule has 0 bridgehead atoms. The van der Waals surface area contributed by atoms with Gasteiger partial charge in [-0.2, -0.15) is 0 Å². The van der Waals surface area contributed by atoms with Gasteiger partial charge in [-0.3, -0.25) is 4.79 Å². The van der Waals surface area contributed by atoms with Crippen LogP contribution >= 0.6 is 23.7 Å². The van der Waals surface area contributed by atoms with Crippen LogP contribution in [0.2, 0.25) is 0 Å². The highest BCUT2D eigenvalue weighted by atomic mass is 35.5. The lowest BCUT2D eigenvalue weighted by atomic mass is 10.1. The van der Waals surface area contributed by atoms with E-state index in [1.807, 2.05) is 13.0 Å². The second-order valence-corrected chi connectivity index (χ2v) is 7.09. The maximum atomic E-state index is 13.0. The molecular formula is C18H22ClFN2OS. The molecule has 3 nitrogen and oxygen atoms in total. The smallest absolute Gasteiger partial charge is 0.261 e. The molecule has 1 aromatic carbocycles. The van der Waals surface area contributed by atoms with Crippen LogP contribution in [0.4, 0.5) is 4.39 Å². The van der Waals surface area contributed by atoms with Gasteiger partial charge in [-0.15, -0.1) is 23.7 Å². The van der Waals surface area contributed by atoms with E-state index in [0.29, 0.717) is 17.3 Å². The summed E-state index contributed by atoms with van der Waals surface area (Å²) in [7, 11) is 0. The molecule has 1 aliphatic heterocycles. The normalized spacial score (nSPS) is 16.7. The zero-order valence-electron chi connectivity index (χ0n) is 13.6. The van der Waals surface area contributed by atoms with E-state index in [0.717, 1.165) is 35.5 Å². The Morgan fingerprint density at radius 3 is 2.79 bits per heavy atom. The Morgan fingerprint density at radius 2 is 2.12 bits per heavy atom. The number of hydrogen-bond acceptors (Lipinski definition) is 3. The average Bonchev–Trinajstić information content (AvgIpc) is 3.18. The zero-order valence-corrected chi connectivity index (χ0v) is 15.2. The minimum absolute atomic E-state index is 0. The maximum absolute atomic E-state index is 13.0. The quantitative estimate of drug-likeness (QED) is 0.837. The number of hydrogen-bond donors (Lipinski definition) is 2. The van der Waals surface area contributed by atoms with Gasteiger partial charge in [0.15, 0.2) is 0 Å². The standard InChI is InChI=1S/C18H21FN2OS.ClH/c1-12-10-16(18(22)21-9-7-13-6-8-20-11-13)23-17(12)14-2-4-15(19)5-3-14;/h2-5,10,13,20H,6-9,11H2,1H3,(H,21,22);1H. The van der Waals surface area contributed by atoms with Crippen molar-refractivity contribution in [1.82, 2.24) is 10.6 Å². The second-order valence-electron chi connectivity index (χ2n) is 6.03. The van der Waals surface area contributed by atoms with Crippen molar-refractivity contribution in [3.8, 4) is 10.4 Å². The molecule has 1 unspecified atom stereocenters. The molecule has 2 aromatic rings. The number of halogens is 2. The highest BCUT2D eigenvalue weighted by molar-refractivity contribution is 7.17. The third-order valence-electron chi connectivity index (χ3n) is 4.25. The second kappa shape index (κ2) is 8.60. The van der Waals surface area contributed by atoms with Gasteiger partial charge in [0, 0.05) is 11.4 Å². The van der Waals surface area contributed by atoms with E-state index >= 15 is 0 Å². The van der Waals surface area contributed by atoms with Crippen molar-refractivity contribution in [2.75, 3.05) is 19.6 Å². The third kappa shape index (κ3) is 4.56. The van der Waals surface area contributed by atoms with E-state index in [1.54, 1.807) is 12.1 Å². The van der Waals surface area contributed by atoms with Gasteiger partial charge in [0.25, 0.3) is 5.91 Å². The summed E-state index contributed by atoms with van der Waals surface area (Å²) in [4.78, 5) is 14.0. The van der Waals surface area contributed by atoms with Crippen molar-refractivity contribution in [3.63, 3.8) is 0 Å². The van der Waals surface area contributed by atoms with Gasteiger partial charge in [0.2, 0.25) is 0 Å². The Balaban J connectivity index is 0.00000208. The van der Waals surface area contributed by atoms with Crippen LogP contribution in [0.15, 0.2) is 30.3 Å². The van der Waals surface area contributed by atoms with Gasteiger partial charge in [0.05, 0.1) is 4.88 Å². The van der Waals surface area contributed by atoms with Crippen LogP contribution in [0.5, 0.6) is 0 Å². The van der Waals surface area contributed by atoms with E-state index < -0.39 is 0 Å². The fourth-order valence-electron chi connectivity index (χ4n) is 2.92. The van der Waals surface area contributed by atoms with E-state index in [1.165, 1.54) is 29.9 Å². The molecule has 6 heteroatoms. The highest BCUT2D eigenvalue weighted by Crippen LogP contribution is 2.32. The van der Waals surface area contributed by atoms with Gasteiger partial charge in [-0.1, -0.05) is 12.1 Å². The molecule has 2 heterocycles. The van der Waals surface area contributed by atoms with Gasteiger partial charge >= 0.3 is 0 Å². The molecule has 1 saturated heterocycles. The molecule has 1 aromatic heterocycles. The first-order chi connectivity index (χ1) is 11.1. The first-order valence-corrected chi connectivity index (χ1v) is 8.80. The molecule has 2 N–H and O–H groups in total. The van der Waals surface area contributed by atoms with Gasteiger partial charge in [-0.25, -0.2) is 4.39 Å². The number of thiophene rings is 1. The Morgan fingerprint density at radius 1 is 1.38 bits per heavy atom. The third-order valence-corrected chi connectivity index (χ3v) is 5.53. The summed E-state index contributed by atoms with van der Waals surface area (Å²) >= 11 is 1.46. The van der Waals surface area contributed by atoms with Crippen LogP contribution in [0.25, 0.3) is 10.4 Å². The molecular weight excluding hydrogens is 347 g/mol. The molecule has 0 spiro atoms. The predicted molar refractivity (Wildman–Crippen MR) is 99.6 cm³/mol. The molecule has 3 rings (SSSR count).